The Bertz CT molecular complexity index is 1100. The van der Waals surface area contributed by atoms with Gasteiger partial charge in [0.25, 0.3) is 5.91 Å². The zero-order chi connectivity index (χ0) is 20.4. The number of benzene rings is 3. The summed E-state index contributed by atoms with van der Waals surface area (Å²) in [6, 6.07) is 20.3. The maximum Gasteiger partial charge on any atom is 0.277 e. The Kier molecular flexibility index (Phi) is 5.32. The van der Waals surface area contributed by atoms with E-state index in [9.17, 15) is 9.18 Å². The number of ether oxygens (including phenoxy) is 1. The van der Waals surface area contributed by atoms with Crippen LogP contribution in [0.2, 0.25) is 5.02 Å². The van der Waals surface area contributed by atoms with E-state index < -0.39 is 11.7 Å². The van der Waals surface area contributed by atoms with Crippen LogP contribution in [-0.2, 0) is 0 Å². The molecular weight excluding hydrogens is 391 g/mol. The maximum atomic E-state index is 14.3. The van der Waals surface area contributed by atoms with Gasteiger partial charge in [-0.3, -0.25) is 4.79 Å². The van der Waals surface area contributed by atoms with Crippen molar-refractivity contribution >= 4 is 23.2 Å². The monoisotopic (exact) mass is 408 g/mol. The molecule has 6 heteroatoms. The smallest absolute Gasteiger partial charge is 0.277 e. The second kappa shape index (κ2) is 8.05. The van der Waals surface area contributed by atoms with E-state index in [1.54, 1.807) is 31.4 Å². The predicted octanol–water partition coefficient (Wildman–Crippen LogP) is 5.48. The van der Waals surface area contributed by atoms with Gasteiger partial charge < -0.3 is 4.74 Å². The minimum absolute atomic E-state index is 0.0184. The summed E-state index contributed by atoms with van der Waals surface area (Å²) in [4.78, 5) is 13.2. The summed E-state index contributed by atoms with van der Waals surface area (Å²) in [7, 11) is 1.60. The van der Waals surface area contributed by atoms with E-state index in [0.717, 1.165) is 16.8 Å². The van der Waals surface area contributed by atoms with Crippen LogP contribution in [0, 0.1) is 5.82 Å². The highest BCUT2D eigenvalue weighted by molar-refractivity contribution is 6.30. The Morgan fingerprint density at radius 3 is 2.66 bits per heavy atom. The molecule has 4 nitrogen and oxygen atoms in total. The van der Waals surface area contributed by atoms with Crippen LogP contribution in [0.15, 0.2) is 77.9 Å². The van der Waals surface area contributed by atoms with Crippen molar-refractivity contribution in [3.63, 3.8) is 0 Å². The third-order valence-corrected chi connectivity index (χ3v) is 5.09. The van der Waals surface area contributed by atoms with E-state index in [4.69, 9.17) is 16.3 Å². The van der Waals surface area contributed by atoms with Gasteiger partial charge in [0.15, 0.2) is 0 Å². The molecule has 146 valence electrons. The molecule has 1 atom stereocenters. The Morgan fingerprint density at radius 1 is 1.10 bits per heavy atom. The molecule has 3 aromatic rings. The van der Waals surface area contributed by atoms with Gasteiger partial charge in [0.1, 0.15) is 11.6 Å². The average molecular weight is 409 g/mol. The third kappa shape index (κ3) is 3.87. The molecule has 0 bridgehead atoms. The number of hydrogen-bond donors (Lipinski definition) is 0. The molecule has 1 aliphatic heterocycles. The first-order chi connectivity index (χ1) is 14.1. The predicted molar refractivity (Wildman–Crippen MR) is 111 cm³/mol. The first-order valence-electron chi connectivity index (χ1n) is 9.12. The number of rotatable bonds is 4. The molecule has 0 aliphatic carbocycles. The highest BCUT2D eigenvalue weighted by atomic mass is 35.5. The fraction of sp³-hybridized carbons (Fsp3) is 0.130. The van der Waals surface area contributed by atoms with E-state index in [-0.39, 0.29) is 11.6 Å². The zero-order valence-corrected chi connectivity index (χ0v) is 16.4. The van der Waals surface area contributed by atoms with Gasteiger partial charge in [-0.1, -0.05) is 48.0 Å². The van der Waals surface area contributed by atoms with Crippen LogP contribution in [0.25, 0.3) is 0 Å². The number of hydrazone groups is 1. The van der Waals surface area contributed by atoms with Gasteiger partial charge >= 0.3 is 0 Å². The molecule has 0 fully saturated rings. The van der Waals surface area contributed by atoms with E-state index in [2.05, 4.69) is 5.10 Å². The molecule has 29 heavy (non-hydrogen) atoms. The summed E-state index contributed by atoms with van der Waals surface area (Å²) < 4.78 is 19.6. The van der Waals surface area contributed by atoms with Crippen LogP contribution in [-0.4, -0.2) is 23.7 Å². The quantitative estimate of drug-likeness (QED) is 0.573. The van der Waals surface area contributed by atoms with Gasteiger partial charge in [-0.25, -0.2) is 9.40 Å². The van der Waals surface area contributed by atoms with Crippen LogP contribution >= 0.6 is 11.6 Å². The zero-order valence-electron chi connectivity index (χ0n) is 15.7. The largest absolute Gasteiger partial charge is 0.497 e. The molecule has 3 aromatic carbocycles. The summed E-state index contributed by atoms with van der Waals surface area (Å²) in [5, 5.41) is 6.49. The van der Waals surface area contributed by atoms with E-state index in [1.807, 2.05) is 36.4 Å². The van der Waals surface area contributed by atoms with Crippen LogP contribution in [0.4, 0.5) is 4.39 Å². The number of halogens is 2. The van der Waals surface area contributed by atoms with Gasteiger partial charge in [-0.2, -0.15) is 5.10 Å². The van der Waals surface area contributed by atoms with Crippen molar-refractivity contribution in [2.45, 2.75) is 12.5 Å². The summed E-state index contributed by atoms with van der Waals surface area (Å²) in [5.41, 5.74) is 2.39. The molecule has 0 radical (unpaired) electrons. The average Bonchev–Trinajstić information content (AvgIpc) is 3.19. The Hall–Kier alpha value is -3.18. The molecule has 0 unspecified atom stereocenters. The van der Waals surface area contributed by atoms with Crippen LogP contribution in [0.1, 0.15) is 33.9 Å². The van der Waals surface area contributed by atoms with Crippen molar-refractivity contribution in [1.82, 2.24) is 5.01 Å². The molecule has 0 saturated heterocycles. The minimum Gasteiger partial charge on any atom is -0.497 e. The van der Waals surface area contributed by atoms with Crippen molar-refractivity contribution < 1.29 is 13.9 Å². The molecule has 0 N–H and O–H groups in total. The molecule has 1 heterocycles. The van der Waals surface area contributed by atoms with E-state index in [1.165, 1.54) is 17.1 Å². The van der Waals surface area contributed by atoms with Crippen molar-refractivity contribution in [2.24, 2.45) is 5.10 Å². The molecule has 0 spiro atoms. The Balaban J connectivity index is 1.77. The first kappa shape index (κ1) is 19.2. The normalized spacial score (nSPS) is 15.9. The summed E-state index contributed by atoms with van der Waals surface area (Å²) in [6.07, 6.45) is 0.480. The Labute approximate surface area is 173 Å². The SMILES string of the molecule is COc1cccc(C2=NN(C(=O)c3ccccc3F)[C@@H](c3cccc(Cl)c3)C2)c1. The van der Waals surface area contributed by atoms with Crippen molar-refractivity contribution in [2.75, 3.05) is 7.11 Å². The molecule has 1 aliphatic rings. The van der Waals surface area contributed by atoms with Crippen molar-refractivity contribution in [3.05, 3.63) is 100 Å². The van der Waals surface area contributed by atoms with Crippen molar-refractivity contribution in [1.29, 1.82) is 0 Å². The fourth-order valence-electron chi connectivity index (χ4n) is 3.41. The minimum atomic E-state index is -0.577. The molecule has 1 amide bonds. The third-order valence-electron chi connectivity index (χ3n) is 4.86. The van der Waals surface area contributed by atoms with E-state index in [0.29, 0.717) is 17.2 Å². The lowest BCUT2D eigenvalue weighted by Crippen LogP contribution is -2.27. The van der Waals surface area contributed by atoms with Gasteiger partial charge in [-0.15, -0.1) is 0 Å². The molecular formula is C23H18ClFN2O2. The lowest BCUT2D eigenvalue weighted by molar-refractivity contribution is 0.0706. The van der Waals surface area contributed by atoms with E-state index >= 15 is 0 Å². The van der Waals surface area contributed by atoms with Crippen LogP contribution in [0.3, 0.4) is 0 Å². The number of nitrogens with zero attached hydrogens (tertiary/aromatic N) is 2. The number of amides is 1. The van der Waals surface area contributed by atoms with Crippen LogP contribution in [0.5, 0.6) is 5.75 Å². The number of carbonyl (C=O) groups excluding carboxylic acids is 1. The maximum absolute atomic E-state index is 14.3. The Morgan fingerprint density at radius 2 is 1.90 bits per heavy atom. The number of hydrogen-bond acceptors (Lipinski definition) is 3. The highest BCUT2D eigenvalue weighted by Crippen LogP contribution is 2.35. The van der Waals surface area contributed by atoms with Crippen LogP contribution < -0.4 is 4.74 Å². The standard InChI is InChI=1S/C23H18ClFN2O2/c1-29-18-9-5-6-15(13-18)21-14-22(16-7-4-8-17(24)12-16)27(26-21)23(28)19-10-2-3-11-20(19)25/h2-13,22H,14H2,1H3/t22-/m1/s1. The van der Waals surface area contributed by atoms with Gasteiger partial charge in [-0.05, 0) is 42.0 Å². The second-order valence-electron chi connectivity index (χ2n) is 6.68. The number of carbonyl (C=O) groups is 1. The van der Waals surface area contributed by atoms with Crippen molar-refractivity contribution in [3.8, 4) is 5.75 Å². The lowest BCUT2D eigenvalue weighted by atomic mass is 9.98. The lowest BCUT2D eigenvalue weighted by Gasteiger charge is -2.22. The molecule has 0 aromatic heterocycles. The highest BCUT2D eigenvalue weighted by Gasteiger charge is 2.34. The summed E-state index contributed by atoms with van der Waals surface area (Å²) in [6.45, 7) is 0. The first-order valence-corrected chi connectivity index (χ1v) is 9.50. The van der Waals surface area contributed by atoms with Gasteiger partial charge in [0, 0.05) is 17.0 Å². The molecule has 4 rings (SSSR count). The molecule has 0 saturated carbocycles. The topological polar surface area (TPSA) is 41.9 Å². The van der Waals surface area contributed by atoms with Gasteiger partial charge in [0.05, 0.1) is 24.4 Å². The second-order valence-corrected chi connectivity index (χ2v) is 7.12. The summed E-state index contributed by atoms with van der Waals surface area (Å²) >= 11 is 6.17. The van der Waals surface area contributed by atoms with Gasteiger partial charge in [0.2, 0.25) is 0 Å². The fourth-order valence-corrected chi connectivity index (χ4v) is 3.60. The number of methoxy groups -OCH3 is 1. The summed E-state index contributed by atoms with van der Waals surface area (Å²) in [5.74, 6) is -0.373.